The first-order valence-electron chi connectivity index (χ1n) is 9.67. The average Bonchev–Trinajstić information content (AvgIpc) is 2.98. The number of nitro groups is 1. The first-order chi connectivity index (χ1) is 13.8. The Kier molecular flexibility index (Phi) is 4.78. The Balaban J connectivity index is 1.27. The maximum Gasteiger partial charge on any atom is 0.513 e. The summed E-state index contributed by atoms with van der Waals surface area (Å²) in [7, 11) is 0. The molecule has 152 valence electrons. The molecule has 2 aromatic carbocycles. The molecule has 0 bridgehead atoms. The van der Waals surface area contributed by atoms with Gasteiger partial charge in [0.15, 0.2) is 0 Å². The van der Waals surface area contributed by atoms with Crippen LogP contribution in [-0.2, 0) is 11.3 Å². The summed E-state index contributed by atoms with van der Waals surface area (Å²) in [6.45, 7) is 7.72. The molecule has 7 nitrogen and oxygen atoms in total. The fourth-order valence-electron chi connectivity index (χ4n) is 4.88. The standard InChI is InChI=1S/C22H24N2O5/c1-21-14-23(12-16-6-4-3-5-7-16)15-22(21,2)19(21)13-28-20(25)29-18-10-8-17(9-11-18)24(26)27/h3-11,19H,12-15H2,1-2H3/t19?,21-,22+. The molecule has 0 amide bonds. The highest BCUT2D eigenvalue weighted by Crippen LogP contribution is 2.72. The second-order valence-corrected chi connectivity index (χ2v) is 8.43. The number of hydrogen-bond acceptors (Lipinski definition) is 6. The van der Waals surface area contributed by atoms with Crippen LogP contribution in [0.25, 0.3) is 0 Å². The molecule has 4 rings (SSSR count). The summed E-state index contributed by atoms with van der Waals surface area (Å²) < 4.78 is 10.5. The summed E-state index contributed by atoms with van der Waals surface area (Å²) in [4.78, 5) is 24.6. The molecule has 7 heteroatoms. The van der Waals surface area contributed by atoms with E-state index >= 15 is 0 Å². The molecule has 0 spiro atoms. The van der Waals surface area contributed by atoms with Crippen LogP contribution in [0.5, 0.6) is 5.75 Å². The number of carbonyl (C=O) groups excluding carboxylic acids is 1. The summed E-state index contributed by atoms with van der Waals surface area (Å²) in [5.74, 6) is 0.523. The van der Waals surface area contributed by atoms with Gasteiger partial charge in [-0.25, -0.2) is 4.79 Å². The fourth-order valence-corrected chi connectivity index (χ4v) is 4.88. The lowest BCUT2D eigenvalue weighted by Crippen LogP contribution is -2.29. The van der Waals surface area contributed by atoms with Gasteiger partial charge in [-0.2, -0.15) is 0 Å². The molecule has 1 unspecified atom stereocenters. The SMILES string of the molecule is C[C@@]12CN(Cc3ccccc3)C[C@]1(C)C2COC(=O)Oc1ccc([N+](=O)[O-])cc1. The predicted molar refractivity (Wildman–Crippen MR) is 106 cm³/mol. The molecule has 0 radical (unpaired) electrons. The Hall–Kier alpha value is -2.93. The van der Waals surface area contributed by atoms with E-state index < -0.39 is 11.1 Å². The van der Waals surface area contributed by atoms with Gasteiger partial charge in [-0.3, -0.25) is 15.0 Å². The quantitative estimate of drug-likeness (QED) is 0.314. The molecule has 1 aliphatic heterocycles. The van der Waals surface area contributed by atoms with Crippen LogP contribution in [0.2, 0.25) is 0 Å². The number of fused-ring (bicyclic) bond motifs is 1. The lowest BCUT2D eigenvalue weighted by molar-refractivity contribution is -0.384. The summed E-state index contributed by atoms with van der Waals surface area (Å²) in [6, 6.07) is 15.8. The Bertz CT molecular complexity index is 899. The normalized spacial score (nSPS) is 27.9. The number of likely N-dealkylation sites (tertiary alicyclic amines) is 1. The molecule has 0 aromatic heterocycles. The van der Waals surface area contributed by atoms with Crippen molar-refractivity contribution in [3.63, 3.8) is 0 Å². The summed E-state index contributed by atoms with van der Waals surface area (Å²) >= 11 is 0. The van der Waals surface area contributed by atoms with E-state index in [9.17, 15) is 14.9 Å². The molecular formula is C22H24N2O5. The van der Waals surface area contributed by atoms with Gasteiger partial charge in [-0.1, -0.05) is 44.2 Å². The number of hydrogen-bond donors (Lipinski definition) is 0. The highest BCUT2D eigenvalue weighted by molar-refractivity contribution is 5.64. The molecule has 1 saturated carbocycles. The van der Waals surface area contributed by atoms with E-state index in [1.807, 2.05) is 6.07 Å². The molecule has 1 aliphatic carbocycles. The number of nitrogens with zero attached hydrogens (tertiary/aromatic N) is 2. The van der Waals surface area contributed by atoms with Gasteiger partial charge < -0.3 is 9.47 Å². The minimum atomic E-state index is -0.780. The zero-order valence-electron chi connectivity index (χ0n) is 16.5. The molecule has 2 fully saturated rings. The molecule has 1 heterocycles. The Morgan fingerprint density at radius 1 is 1.10 bits per heavy atom. The third-order valence-electron chi connectivity index (χ3n) is 6.73. The van der Waals surface area contributed by atoms with Crippen LogP contribution in [0.3, 0.4) is 0 Å². The molecule has 0 N–H and O–H groups in total. The lowest BCUT2D eigenvalue weighted by Gasteiger charge is -2.23. The van der Waals surface area contributed by atoms with E-state index in [-0.39, 0.29) is 22.3 Å². The van der Waals surface area contributed by atoms with Gasteiger partial charge in [0.1, 0.15) is 5.75 Å². The maximum atomic E-state index is 12.0. The van der Waals surface area contributed by atoms with Crippen LogP contribution >= 0.6 is 0 Å². The van der Waals surface area contributed by atoms with Crippen molar-refractivity contribution in [3.05, 3.63) is 70.3 Å². The van der Waals surface area contributed by atoms with Crippen molar-refractivity contribution >= 4 is 11.8 Å². The minimum absolute atomic E-state index is 0.0579. The van der Waals surface area contributed by atoms with E-state index in [1.54, 1.807) is 0 Å². The largest absolute Gasteiger partial charge is 0.513 e. The summed E-state index contributed by atoms with van der Waals surface area (Å²) in [5, 5.41) is 10.7. The van der Waals surface area contributed by atoms with Gasteiger partial charge in [-0.05, 0) is 28.5 Å². The zero-order chi connectivity index (χ0) is 20.6. The number of benzene rings is 2. The number of rotatable bonds is 6. The van der Waals surface area contributed by atoms with Gasteiger partial charge in [0.25, 0.3) is 5.69 Å². The van der Waals surface area contributed by atoms with Gasteiger partial charge in [-0.15, -0.1) is 0 Å². The van der Waals surface area contributed by atoms with Crippen molar-refractivity contribution in [1.29, 1.82) is 0 Å². The Morgan fingerprint density at radius 3 is 2.31 bits per heavy atom. The molecule has 3 atom stereocenters. The topological polar surface area (TPSA) is 81.9 Å². The van der Waals surface area contributed by atoms with Crippen LogP contribution in [0.15, 0.2) is 54.6 Å². The van der Waals surface area contributed by atoms with Crippen molar-refractivity contribution in [2.45, 2.75) is 20.4 Å². The fraction of sp³-hybridized carbons (Fsp3) is 0.409. The maximum absolute atomic E-state index is 12.0. The van der Waals surface area contributed by atoms with E-state index in [0.717, 1.165) is 19.6 Å². The Morgan fingerprint density at radius 2 is 1.72 bits per heavy atom. The molecular weight excluding hydrogens is 372 g/mol. The minimum Gasteiger partial charge on any atom is -0.434 e. The Labute approximate surface area is 169 Å². The van der Waals surface area contributed by atoms with E-state index in [1.165, 1.54) is 29.8 Å². The van der Waals surface area contributed by atoms with Crippen molar-refractivity contribution in [3.8, 4) is 5.75 Å². The van der Waals surface area contributed by atoms with Crippen molar-refractivity contribution in [2.24, 2.45) is 16.7 Å². The van der Waals surface area contributed by atoms with Crippen LogP contribution in [0.4, 0.5) is 10.5 Å². The number of nitro benzene ring substituents is 1. The second kappa shape index (κ2) is 7.15. The van der Waals surface area contributed by atoms with E-state index in [0.29, 0.717) is 12.5 Å². The average molecular weight is 396 g/mol. The van der Waals surface area contributed by atoms with Gasteiger partial charge in [0.2, 0.25) is 0 Å². The third-order valence-corrected chi connectivity index (χ3v) is 6.73. The number of ether oxygens (including phenoxy) is 2. The van der Waals surface area contributed by atoms with Crippen molar-refractivity contribution in [1.82, 2.24) is 4.90 Å². The molecule has 2 aromatic rings. The first kappa shape index (κ1) is 19.4. The van der Waals surface area contributed by atoms with Crippen LogP contribution in [0.1, 0.15) is 19.4 Å². The van der Waals surface area contributed by atoms with E-state index in [4.69, 9.17) is 9.47 Å². The summed E-state index contributed by atoms with van der Waals surface area (Å²) in [5.41, 5.74) is 1.49. The molecule has 29 heavy (non-hydrogen) atoms. The van der Waals surface area contributed by atoms with Crippen LogP contribution in [0, 0.1) is 26.9 Å². The third kappa shape index (κ3) is 3.58. The van der Waals surface area contributed by atoms with E-state index in [2.05, 4.69) is 43.0 Å². The van der Waals surface area contributed by atoms with Crippen molar-refractivity contribution < 1.29 is 19.2 Å². The molecule has 1 saturated heterocycles. The zero-order valence-corrected chi connectivity index (χ0v) is 16.5. The molecule has 2 aliphatic rings. The smallest absolute Gasteiger partial charge is 0.434 e. The van der Waals surface area contributed by atoms with Gasteiger partial charge >= 0.3 is 6.16 Å². The lowest BCUT2D eigenvalue weighted by atomic mass is 10.0. The highest BCUT2D eigenvalue weighted by Gasteiger charge is 2.74. The van der Waals surface area contributed by atoms with Gasteiger partial charge in [0, 0.05) is 37.7 Å². The number of carbonyl (C=O) groups is 1. The number of non-ortho nitro benzene ring substituents is 1. The van der Waals surface area contributed by atoms with Crippen LogP contribution < -0.4 is 4.74 Å². The predicted octanol–water partition coefficient (Wildman–Crippen LogP) is 4.27. The number of piperidine rings is 1. The van der Waals surface area contributed by atoms with Crippen molar-refractivity contribution in [2.75, 3.05) is 19.7 Å². The van der Waals surface area contributed by atoms with Gasteiger partial charge in [0.05, 0.1) is 11.5 Å². The first-order valence-corrected chi connectivity index (χ1v) is 9.67. The van der Waals surface area contributed by atoms with Crippen LogP contribution in [-0.4, -0.2) is 35.7 Å². The highest BCUT2D eigenvalue weighted by atomic mass is 16.7. The summed E-state index contributed by atoms with van der Waals surface area (Å²) in [6.07, 6.45) is -0.780. The second-order valence-electron chi connectivity index (χ2n) is 8.43. The monoisotopic (exact) mass is 396 g/mol.